The number of amides is 1. The highest BCUT2D eigenvalue weighted by Crippen LogP contribution is 2.34. The van der Waals surface area contributed by atoms with Crippen LogP contribution in [0.5, 0.6) is 11.5 Å². The Morgan fingerprint density at radius 2 is 1.77 bits per heavy atom. The minimum Gasteiger partial charge on any atom is -0.454 e. The number of pyridine rings is 1. The Kier molecular flexibility index (Phi) is 6.30. The van der Waals surface area contributed by atoms with Crippen LogP contribution in [0.1, 0.15) is 34.5 Å². The molecule has 3 aromatic carbocycles. The van der Waals surface area contributed by atoms with Gasteiger partial charge in [0.25, 0.3) is 5.91 Å². The fourth-order valence-corrected chi connectivity index (χ4v) is 3.95. The average molecular weight is 470 g/mol. The zero-order chi connectivity index (χ0) is 24.2. The molecule has 4 aromatic rings. The number of carbonyl (C=O) groups excluding carboxylic acids is 1. The first-order valence-corrected chi connectivity index (χ1v) is 11.3. The van der Waals surface area contributed by atoms with Gasteiger partial charge in [0.15, 0.2) is 11.5 Å². The number of benzene rings is 3. The molecule has 1 aliphatic rings. The highest BCUT2D eigenvalue weighted by molar-refractivity contribution is 6.06. The summed E-state index contributed by atoms with van der Waals surface area (Å²) in [6.45, 7) is 2.44. The summed E-state index contributed by atoms with van der Waals surface area (Å²) in [5.74, 6) is 1.23. The van der Waals surface area contributed by atoms with Crippen molar-refractivity contribution in [2.45, 2.75) is 19.5 Å². The van der Waals surface area contributed by atoms with E-state index >= 15 is 0 Å². The van der Waals surface area contributed by atoms with Crippen LogP contribution in [0.15, 0.2) is 91.1 Å². The molecular formula is C28H24FN3O3. The predicted molar refractivity (Wildman–Crippen MR) is 132 cm³/mol. The van der Waals surface area contributed by atoms with Crippen LogP contribution in [0.25, 0.3) is 0 Å². The molecule has 6 nitrogen and oxygen atoms in total. The quantitative estimate of drug-likeness (QED) is 0.361. The number of aromatic nitrogens is 1. The Labute approximate surface area is 203 Å². The Bertz CT molecular complexity index is 1330. The second-order valence-corrected chi connectivity index (χ2v) is 8.26. The van der Waals surface area contributed by atoms with Crippen molar-refractivity contribution in [1.29, 1.82) is 0 Å². The van der Waals surface area contributed by atoms with Gasteiger partial charge in [0.05, 0.1) is 6.54 Å². The first-order chi connectivity index (χ1) is 17.1. The molecule has 1 amide bonds. The molecule has 1 N–H and O–H groups in total. The van der Waals surface area contributed by atoms with E-state index in [4.69, 9.17) is 9.47 Å². The van der Waals surface area contributed by atoms with Crippen LogP contribution in [0.4, 0.5) is 15.9 Å². The lowest BCUT2D eigenvalue weighted by Gasteiger charge is -2.24. The zero-order valence-corrected chi connectivity index (χ0v) is 19.1. The molecule has 0 spiro atoms. The lowest BCUT2D eigenvalue weighted by molar-refractivity contribution is 0.0984. The number of anilines is 2. The molecule has 1 aromatic heterocycles. The van der Waals surface area contributed by atoms with Gasteiger partial charge >= 0.3 is 0 Å². The number of hydrogen-bond acceptors (Lipinski definition) is 5. The van der Waals surface area contributed by atoms with Crippen molar-refractivity contribution in [3.63, 3.8) is 0 Å². The molecule has 0 radical (unpaired) electrons. The van der Waals surface area contributed by atoms with Crippen molar-refractivity contribution in [2.24, 2.45) is 0 Å². The normalized spacial score (nSPS) is 12.7. The van der Waals surface area contributed by atoms with Crippen molar-refractivity contribution in [1.82, 2.24) is 4.98 Å². The van der Waals surface area contributed by atoms with Crippen molar-refractivity contribution in [3.05, 3.63) is 114 Å². The van der Waals surface area contributed by atoms with Crippen LogP contribution in [0.3, 0.4) is 0 Å². The third-order valence-electron chi connectivity index (χ3n) is 5.84. The van der Waals surface area contributed by atoms with Gasteiger partial charge in [-0.15, -0.1) is 0 Å². The highest BCUT2D eigenvalue weighted by Gasteiger charge is 2.22. The van der Waals surface area contributed by atoms with Crippen LogP contribution in [-0.2, 0) is 6.54 Å². The van der Waals surface area contributed by atoms with Gasteiger partial charge in [0.2, 0.25) is 6.79 Å². The summed E-state index contributed by atoms with van der Waals surface area (Å²) < 4.78 is 24.3. The Hall–Kier alpha value is -4.39. The lowest BCUT2D eigenvalue weighted by atomic mass is 10.1. The molecule has 0 saturated carbocycles. The molecule has 1 aliphatic heterocycles. The average Bonchev–Trinajstić information content (AvgIpc) is 3.37. The van der Waals surface area contributed by atoms with Gasteiger partial charge < -0.3 is 19.7 Å². The zero-order valence-electron chi connectivity index (χ0n) is 19.1. The number of halogens is 1. The molecule has 1 atom stereocenters. The van der Waals surface area contributed by atoms with E-state index in [1.54, 1.807) is 47.5 Å². The Balaban J connectivity index is 1.46. The fourth-order valence-electron chi connectivity index (χ4n) is 3.95. The maximum absolute atomic E-state index is 13.7. The highest BCUT2D eigenvalue weighted by atomic mass is 19.1. The summed E-state index contributed by atoms with van der Waals surface area (Å²) in [4.78, 5) is 19.8. The van der Waals surface area contributed by atoms with E-state index < -0.39 is 0 Å². The Morgan fingerprint density at radius 3 is 2.57 bits per heavy atom. The maximum atomic E-state index is 13.7. The van der Waals surface area contributed by atoms with Crippen LogP contribution in [0, 0.1) is 5.82 Å². The van der Waals surface area contributed by atoms with E-state index in [0.717, 1.165) is 11.1 Å². The first-order valence-electron chi connectivity index (χ1n) is 11.3. The molecule has 0 fully saturated rings. The molecular weight excluding hydrogens is 445 g/mol. The monoisotopic (exact) mass is 469 g/mol. The second-order valence-electron chi connectivity index (χ2n) is 8.26. The Morgan fingerprint density at radius 1 is 1.00 bits per heavy atom. The molecule has 0 saturated heterocycles. The number of fused-ring (bicyclic) bond motifs is 1. The smallest absolute Gasteiger partial charge is 0.258 e. The van der Waals surface area contributed by atoms with Crippen molar-refractivity contribution in [3.8, 4) is 11.5 Å². The molecule has 0 aliphatic carbocycles. The number of nitrogens with one attached hydrogen (secondary N) is 1. The van der Waals surface area contributed by atoms with Gasteiger partial charge in [-0.3, -0.25) is 4.79 Å². The third-order valence-corrected chi connectivity index (χ3v) is 5.84. The largest absolute Gasteiger partial charge is 0.454 e. The first kappa shape index (κ1) is 22.4. The van der Waals surface area contributed by atoms with Gasteiger partial charge in [-0.1, -0.05) is 42.5 Å². The maximum Gasteiger partial charge on any atom is 0.258 e. The van der Waals surface area contributed by atoms with Gasteiger partial charge in [0, 0.05) is 29.6 Å². The summed E-state index contributed by atoms with van der Waals surface area (Å²) >= 11 is 0. The SMILES string of the molecule is C[C@H](Nc1cc(N(Cc2ccc(F)cc2)C(=O)c2ccc3c(c2)OCO3)ccn1)c1ccccc1. The lowest BCUT2D eigenvalue weighted by Crippen LogP contribution is -2.30. The van der Waals surface area contributed by atoms with Crippen LogP contribution >= 0.6 is 0 Å². The standard InChI is InChI=1S/C28H24FN3O3/c1-19(21-5-3-2-4-6-21)31-27-16-24(13-14-30-27)32(17-20-7-10-23(29)11-8-20)28(33)22-9-12-25-26(15-22)35-18-34-25/h2-16,19H,17-18H2,1H3,(H,30,31)/t19-/m0/s1. The predicted octanol–water partition coefficient (Wildman–Crippen LogP) is 5.97. The number of rotatable bonds is 7. The van der Waals surface area contributed by atoms with Crippen LogP contribution in [0.2, 0.25) is 0 Å². The van der Waals surface area contributed by atoms with Gasteiger partial charge in [0.1, 0.15) is 11.6 Å². The molecule has 2 heterocycles. The van der Waals surface area contributed by atoms with E-state index in [2.05, 4.69) is 17.2 Å². The molecule has 176 valence electrons. The summed E-state index contributed by atoms with van der Waals surface area (Å²) in [6, 6.07) is 24.9. The van der Waals surface area contributed by atoms with Gasteiger partial charge in [-0.25, -0.2) is 9.37 Å². The number of hydrogen-bond donors (Lipinski definition) is 1. The van der Waals surface area contributed by atoms with Crippen molar-refractivity contribution in [2.75, 3.05) is 17.0 Å². The summed E-state index contributed by atoms with van der Waals surface area (Å²) in [7, 11) is 0. The third kappa shape index (κ3) is 5.09. The van der Waals surface area contributed by atoms with Crippen molar-refractivity contribution < 1.29 is 18.7 Å². The van der Waals surface area contributed by atoms with E-state index in [9.17, 15) is 9.18 Å². The number of carbonyl (C=O) groups is 1. The van der Waals surface area contributed by atoms with E-state index in [-0.39, 0.29) is 31.1 Å². The van der Waals surface area contributed by atoms with Gasteiger partial charge in [-0.05, 0) is 54.4 Å². The van der Waals surface area contributed by atoms with Crippen LogP contribution in [-0.4, -0.2) is 17.7 Å². The molecule has 7 heteroatoms. The van der Waals surface area contributed by atoms with E-state index in [1.165, 1.54) is 12.1 Å². The molecule has 35 heavy (non-hydrogen) atoms. The second kappa shape index (κ2) is 9.85. The number of ether oxygens (including phenoxy) is 2. The summed E-state index contributed by atoms with van der Waals surface area (Å²) in [5.41, 5.74) is 3.04. The topological polar surface area (TPSA) is 63.7 Å². The fraction of sp³-hybridized carbons (Fsp3) is 0.143. The van der Waals surface area contributed by atoms with Crippen molar-refractivity contribution >= 4 is 17.4 Å². The molecule has 5 rings (SSSR count). The summed E-state index contributed by atoms with van der Waals surface area (Å²) in [6.07, 6.45) is 1.67. The number of nitrogens with zero attached hydrogens (tertiary/aromatic N) is 2. The van der Waals surface area contributed by atoms with E-state index in [0.29, 0.717) is 28.6 Å². The molecule has 0 unspecified atom stereocenters. The molecule has 0 bridgehead atoms. The minimum absolute atomic E-state index is 0.0223. The van der Waals surface area contributed by atoms with Gasteiger partial charge in [-0.2, -0.15) is 0 Å². The van der Waals surface area contributed by atoms with E-state index in [1.807, 2.05) is 36.4 Å². The van der Waals surface area contributed by atoms with Crippen LogP contribution < -0.4 is 19.7 Å². The minimum atomic E-state index is -0.326. The summed E-state index contributed by atoms with van der Waals surface area (Å²) in [5, 5.41) is 3.40.